The Kier molecular flexibility index (Phi) is 5.19. The van der Waals surface area contributed by atoms with Crippen LogP contribution in [0.15, 0.2) is 42.5 Å². The van der Waals surface area contributed by atoms with E-state index in [-0.39, 0.29) is 0 Å². The molecule has 20 heavy (non-hydrogen) atoms. The summed E-state index contributed by atoms with van der Waals surface area (Å²) in [7, 11) is 1.72. The number of ether oxygens (including phenoxy) is 1. The first kappa shape index (κ1) is 14.6. The second-order valence-electron chi connectivity index (χ2n) is 4.86. The zero-order valence-electron chi connectivity index (χ0n) is 12.6. The minimum absolute atomic E-state index is 0.834. The average molecular weight is 269 g/mol. The molecule has 0 radical (unpaired) electrons. The van der Waals surface area contributed by atoms with Crippen LogP contribution in [0.4, 0.5) is 0 Å². The zero-order chi connectivity index (χ0) is 14.4. The van der Waals surface area contributed by atoms with Gasteiger partial charge in [0.1, 0.15) is 5.75 Å². The first-order chi connectivity index (χ1) is 9.78. The largest absolute Gasteiger partial charge is 0.496 e. The third-order valence-electron chi connectivity index (χ3n) is 3.54. The molecule has 0 amide bonds. The number of rotatable bonds is 6. The zero-order valence-corrected chi connectivity index (χ0v) is 12.6. The molecule has 0 saturated heterocycles. The first-order valence-corrected chi connectivity index (χ1v) is 7.25. The van der Waals surface area contributed by atoms with Gasteiger partial charge in [-0.1, -0.05) is 44.2 Å². The fourth-order valence-electron chi connectivity index (χ4n) is 2.29. The van der Waals surface area contributed by atoms with Crippen LogP contribution in [0.3, 0.4) is 0 Å². The molecule has 2 aromatic rings. The summed E-state index contributed by atoms with van der Waals surface area (Å²) in [5.74, 6) is 0.944. The van der Waals surface area contributed by atoms with Crippen molar-refractivity contribution < 1.29 is 4.74 Å². The van der Waals surface area contributed by atoms with E-state index in [1.165, 1.54) is 22.3 Å². The lowest BCUT2D eigenvalue weighted by molar-refractivity contribution is 0.408. The lowest BCUT2D eigenvalue weighted by atomic mass is 10.0. The molecule has 0 unspecified atom stereocenters. The van der Waals surface area contributed by atoms with Crippen LogP contribution >= 0.6 is 0 Å². The van der Waals surface area contributed by atoms with Crippen molar-refractivity contribution in [1.29, 1.82) is 0 Å². The summed E-state index contributed by atoms with van der Waals surface area (Å²) in [5.41, 5.74) is 5.06. The van der Waals surface area contributed by atoms with Gasteiger partial charge in [-0.3, -0.25) is 0 Å². The summed E-state index contributed by atoms with van der Waals surface area (Å²) in [6.45, 7) is 6.08. The smallest absolute Gasteiger partial charge is 0.123 e. The Morgan fingerprint density at radius 1 is 0.950 bits per heavy atom. The van der Waals surface area contributed by atoms with Crippen LogP contribution in [0, 0.1) is 0 Å². The van der Waals surface area contributed by atoms with Crippen molar-refractivity contribution in [2.24, 2.45) is 0 Å². The highest BCUT2D eigenvalue weighted by Gasteiger charge is 2.05. The topological polar surface area (TPSA) is 21.3 Å². The van der Waals surface area contributed by atoms with Gasteiger partial charge in [-0.05, 0) is 41.8 Å². The van der Waals surface area contributed by atoms with E-state index in [9.17, 15) is 0 Å². The monoisotopic (exact) mass is 269 g/mol. The van der Waals surface area contributed by atoms with Gasteiger partial charge in [-0.25, -0.2) is 0 Å². The van der Waals surface area contributed by atoms with Crippen molar-refractivity contribution >= 4 is 0 Å². The summed E-state index contributed by atoms with van der Waals surface area (Å²) < 4.78 is 5.43. The van der Waals surface area contributed by atoms with Crippen molar-refractivity contribution in [2.75, 3.05) is 13.7 Å². The van der Waals surface area contributed by atoms with Gasteiger partial charge >= 0.3 is 0 Å². The number of methoxy groups -OCH3 is 1. The number of hydrogen-bond acceptors (Lipinski definition) is 2. The van der Waals surface area contributed by atoms with Gasteiger partial charge in [0.05, 0.1) is 7.11 Å². The Morgan fingerprint density at radius 2 is 1.65 bits per heavy atom. The van der Waals surface area contributed by atoms with Crippen LogP contribution < -0.4 is 10.1 Å². The second-order valence-corrected chi connectivity index (χ2v) is 4.86. The lowest BCUT2D eigenvalue weighted by Crippen LogP contribution is -2.12. The third kappa shape index (κ3) is 3.40. The average Bonchev–Trinajstić information content (AvgIpc) is 2.52. The first-order valence-electron chi connectivity index (χ1n) is 7.25. The molecule has 0 aromatic heterocycles. The Morgan fingerprint density at radius 3 is 2.25 bits per heavy atom. The maximum Gasteiger partial charge on any atom is 0.123 e. The SMILES string of the molecule is CCNCc1cc(-c2ccc(CC)cc2)ccc1OC. The molecule has 2 aromatic carbocycles. The Labute approximate surface area is 121 Å². The van der Waals surface area contributed by atoms with Gasteiger partial charge in [0.15, 0.2) is 0 Å². The molecule has 1 N–H and O–H groups in total. The molecule has 0 aliphatic heterocycles. The highest BCUT2D eigenvalue weighted by atomic mass is 16.5. The van der Waals surface area contributed by atoms with Crippen molar-refractivity contribution in [1.82, 2.24) is 5.32 Å². The number of aryl methyl sites for hydroxylation is 1. The number of nitrogens with one attached hydrogen (secondary N) is 1. The van der Waals surface area contributed by atoms with E-state index in [0.717, 1.165) is 25.3 Å². The normalized spacial score (nSPS) is 10.6. The lowest BCUT2D eigenvalue weighted by Gasteiger charge is -2.11. The predicted molar refractivity (Wildman–Crippen MR) is 85.2 cm³/mol. The van der Waals surface area contributed by atoms with E-state index in [4.69, 9.17) is 4.74 Å². The van der Waals surface area contributed by atoms with Crippen molar-refractivity contribution in [3.05, 3.63) is 53.6 Å². The molecule has 0 heterocycles. The Hall–Kier alpha value is -1.80. The molecule has 2 rings (SSSR count). The van der Waals surface area contributed by atoms with Crippen LogP contribution in [-0.2, 0) is 13.0 Å². The van der Waals surface area contributed by atoms with E-state index in [1.807, 2.05) is 0 Å². The van der Waals surface area contributed by atoms with Gasteiger partial charge in [0.25, 0.3) is 0 Å². The molecular formula is C18H23NO. The summed E-state index contributed by atoms with van der Waals surface area (Å²) in [4.78, 5) is 0. The Bertz CT molecular complexity index is 546. The van der Waals surface area contributed by atoms with Gasteiger partial charge in [-0.2, -0.15) is 0 Å². The molecule has 106 valence electrons. The molecule has 0 fully saturated rings. The van der Waals surface area contributed by atoms with Crippen LogP contribution in [0.5, 0.6) is 5.75 Å². The van der Waals surface area contributed by atoms with E-state index < -0.39 is 0 Å². The predicted octanol–water partition coefficient (Wildman–Crippen LogP) is 4.03. The molecule has 0 aliphatic rings. The van der Waals surface area contributed by atoms with Gasteiger partial charge in [-0.15, -0.1) is 0 Å². The van der Waals surface area contributed by atoms with Gasteiger partial charge < -0.3 is 10.1 Å². The molecule has 0 spiro atoms. The minimum Gasteiger partial charge on any atom is -0.496 e. The Balaban J connectivity index is 2.30. The second kappa shape index (κ2) is 7.11. The standard InChI is InChI=1S/C18H23NO/c1-4-14-6-8-15(9-7-14)16-10-11-18(20-3)17(12-16)13-19-5-2/h6-12,19H,4-5,13H2,1-3H3. The summed E-state index contributed by atoms with van der Waals surface area (Å²) in [6, 6.07) is 15.2. The molecular weight excluding hydrogens is 246 g/mol. The highest BCUT2D eigenvalue weighted by molar-refractivity contribution is 5.66. The van der Waals surface area contributed by atoms with Crippen LogP contribution in [0.25, 0.3) is 11.1 Å². The molecule has 0 saturated carbocycles. The van der Waals surface area contributed by atoms with Crippen molar-refractivity contribution in [3.8, 4) is 16.9 Å². The molecule has 0 bridgehead atoms. The van der Waals surface area contributed by atoms with E-state index in [2.05, 4.69) is 61.6 Å². The van der Waals surface area contributed by atoms with Crippen LogP contribution in [0.1, 0.15) is 25.0 Å². The summed E-state index contributed by atoms with van der Waals surface area (Å²) in [6.07, 6.45) is 1.08. The maximum atomic E-state index is 5.43. The van der Waals surface area contributed by atoms with Gasteiger partial charge in [0.2, 0.25) is 0 Å². The van der Waals surface area contributed by atoms with Crippen molar-refractivity contribution in [2.45, 2.75) is 26.8 Å². The van der Waals surface area contributed by atoms with E-state index >= 15 is 0 Å². The molecule has 0 aliphatic carbocycles. The maximum absolute atomic E-state index is 5.43. The summed E-state index contributed by atoms with van der Waals surface area (Å²) in [5, 5.41) is 3.36. The fraction of sp³-hybridized carbons (Fsp3) is 0.333. The molecule has 0 atom stereocenters. The fourth-order valence-corrected chi connectivity index (χ4v) is 2.29. The van der Waals surface area contributed by atoms with E-state index in [0.29, 0.717) is 0 Å². The minimum atomic E-state index is 0.834. The van der Waals surface area contributed by atoms with Crippen LogP contribution in [-0.4, -0.2) is 13.7 Å². The molecule has 2 heteroatoms. The summed E-state index contributed by atoms with van der Waals surface area (Å²) >= 11 is 0. The number of benzene rings is 2. The highest BCUT2D eigenvalue weighted by Crippen LogP contribution is 2.27. The number of hydrogen-bond donors (Lipinski definition) is 1. The quantitative estimate of drug-likeness (QED) is 0.854. The van der Waals surface area contributed by atoms with Crippen molar-refractivity contribution in [3.63, 3.8) is 0 Å². The van der Waals surface area contributed by atoms with E-state index in [1.54, 1.807) is 7.11 Å². The molecule has 2 nitrogen and oxygen atoms in total. The van der Waals surface area contributed by atoms with Crippen LogP contribution in [0.2, 0.25) is 0 Å². The third-order valence-corrected chi connectivity index (χ3v) is 3.54. The van der Waals surface area contributed by atoms with Gasteiger partial charge in [0, 0.05) is 12.1 Å².